The van der Waals surface area contributed by atoms with E-state index in [2.05, 4.69) is 15.1 Å². The Kier molecular flexibility index (Phi) is 4.22. The van der Waals surface area contributed by atoms with Gasteiger partial charge in [-0.3, -0.25) is 19.4 Å². The zero-order valence-electron chi connectivity index (χ0n) is 15.5. The van der Waals surface area contributed by atoms with Crippen LogP contribution in [0.5, 0.6) is 5.75 Å². The van der Waals surface area contributed by atoms with Crippen LogP contribution in [0.4, 0.5) is 5.82 Å². The molecule has 1 unspecified atom stereocenters. The monoisotopic (exact) mass is 384 g/mol. The molecule has 4 rings (SSSR count). The fourth-order valence-corrected chi connectivity index (χ4v) is 4.43. The van der Waals surface area contributed by atoms with Gasteiger partial charge in [0, 0.05) is 17.7 Å². The Balaban J connectivity index is 1.93. The predicted molar refractivity (Wildman–Crippen MR) is 109 cm³/mol. The zero-order valence-corrected chi connectivity index (χ0v) is 16.3. The van der Waals surface area contributed by atoms with Gasteiger partial charge < -0.3 is 9.72 Å². The van der Waals surface area contributed by atoms with E-state index in [1.165, 1.54) is 11.8 Å². The number of pyridine rings is 1. The van der Waals surface area contributed by atoms with Crippen molar-refractivity contribution < 1.29 is 4.74 Å². The van der Waals surface area contributed by atoms with E-state index in [4.69, 9.17) is 4.74 Å². The summed E-state index contributed by atoms with van der Waals surface area (Å²) in [5, 5.41) is 4.15. The second-order valence-corrected chi connectivity index (χ2v) is 8.08. The number of H-pyrrole nitrogens is 2. The zero-order chi connectivity index (χ0) is 19.3. The lowest BCUT2D eigenvalue weighted by molar-refractivity contribution is 0.415. The number of ether oxygens (including phenoxy) is 1. The number of benzene rings is 1. The minimum Gasteiger partial charge on any atom is -0.497 e. The van der Waals surface area contributed by atoms with Crippen LogP contribution in [0, 0.1) is 0 Å². The van der Waals surface area contributed by atoms with Crippen LogP contribution in [-0.4, -0.2) is 26.9 Å². The third-order valence-electron chi connectivity index (χ3n) is 4.63. The fraction of sp³-hybridized carbons (Fsp3) is 0.316. The average molecular weight is 384 g/mol. The minimum atomic E-state index is -0.406. The summed E-state index contributed by atoms with van der Waals surface area (Å²) in [6.07, 6.45) is 0. The third kappa shape index (κ3) is 2.90. The van der Waals surface area contributed by atoms with Gasteiger partial charge >= 0.3 is 0 Å². The molecule has 0 amide bonds. The molecule has 0 saturated heterocycles. The van der Waals surface area contributed by atoms with Gasteiger partial charge in [0.2, 0.25) is 0 Å². The first-order chi connectivity index (χ1) is 12.9. The Morgan fingerprint density at radius 2 is 2.00 bits per heavy atom. The van der Waals surface area contributed by atoms with Crippen LogP contribution in [0.3, 0.4) is 0 Å². The van der Waals surface area contributed by atoms with Crippen molar-refractivity contribution in [1.82, 2.24) is 14.8 Å². The van der Waals surface area contributed by atoms with Crippen LogP contribution in [0.25, 0.3) is 10.9 Å². The number of aromatic amines is 2. The summed E-state index contributed by atoms with van der Waals surface area (Å²) in [5.41, 5.74) is 1.34. The number of rotatable bonds is 3. The van der Waals surface area contributed by atoms with Crippen molar-refractivity contribution in [2.24, 2.45) is 4.99 Å². The number of thioether (sulfide) groups is 1. The number of methoxy groups -OCH3 is 1. The molecule has 140 valence electrons. The van der Waals surface area contributed by atoms with Gasteiger partial charge in [0.05, 0.1) is 28.5 Å². The molecule has 0 saturated carbocycles. The molecule has 1 aliphatic rings. The molecule has 3 heterocycles. The highest BCUT2D eigenvalue weighted by Gasteiger charge is 2.32. The SMILES string of the molecule is COc1ccc2cc(C3SC(C)=Nc4c3c(=O)[nH]n4C(C)C)c(=O)[nH]c2c1. The van der Waals surface area contributed by atoms with Crippen molar-refractivity contribution in [1.29, 1.82) is 0 Å². The Morgan fingerprint density at radius 3 is 2.70 bits per heavy atom. The molecule has 3 aromatic rings. The second-order valence-electron chi connectivity index (χ2n) is 6.78. The van der Waals surface area contributed by atoms with Crippen molar-refractivity contribution in [3.63, 3.8) is 0 Å². The van der Waals surface area contributed by atoms with Gasteiger partial charge in [0.1, 0.15) is 5.75 Å². The summed E-state index contributed by atoms with van der Waals surface area (Å²) in [7, 11) is 1.58. The Bertz CT molecular complexity index is 1190. The molecular formula is C19H20N4O3S. The number of fused-ring (bicyclic) bond motifs is 2. The topological polar surface area (TPSA) is 92.2 Å². The van der Waals surface area contributed by atoms with Crippen molar-refractivity contribution in [3.05, 3.63) is 56.1 Å². The second kappa shape index (κ2) is 6.45. The van der Waals surface area contributed by atoms with Crippen molar-refractivity contribution in [2.75, 3.05) is 7.11 Å². The van der Waals surface area contributed by atoms with Gasteiger partial charge in [0.15, 0.2) is 5.82 Å². The minimum absolute atomic E-state index is 0.0594. The molecular weight excluding hydrogens is 364 g/mol. The standard InChI is InChI=1S/C19H20N4O3S/c1-9(2)23-17-15(19(25)22-23)16(27-10(3)20-17)13-7-11-5-6-12(26-4)8-14(11)21-18(13)24/h5-9,16H,1-4H3,(H,21,24)(H,22,25). The molecule has 27 heavy (non-hydrogen) atoms. The predicted octanol–water partition coefficient (Wildman–Crippen LogP) is 3.49. The first-order valence-electron chi connectivity index (χ1n) is 8.66. The fourth-order valence-electron chi connectivity index (χ4n) is 3.32. The third-order valence-corrected chi connectivity index (χ3v) is 5.79. The Morgan fingerprint density at radius 1 is 1.22 bits per heavy atom. The van der Waals surface area contributed by atoms with Gasteiger partial charge in [-0.1, -0.05) is 11.8 Å². The molecule has 1 aromatic carbocycles. The van der Waals surface area contributed by atoms with Gasteiger partial charge in [-0.05, 0) is 44.4 Å². The van der Waals surface area contributed by atoms with Crippen LogP contribution >= 0.6 is 11.8 Å². The Labute approximate surface area is 159 Å². The summed E-state index contributed by atoms with van der Waals surface area (Å²) in [6.45, 7) is 5.85. The Hall–Kier alpha value is -2.74. The van der Waals surface area contributed by atoms with E-state index in [9.17, 15) is 9.59 Å². The van der Waals surface area contributed by atoms with Crippen molar-refractivity contribution in [2.45, 2.75) is 32.1 Å². The smallest absolute Gasteiger partial charge is 0.271 e. The highest BCUT2D eigenvalue weighted by molar-refractivity contribution is 8.14. The maximum absolute atomic E-state index is 12.8. The van der Waals surface area contributed by atoms with E-state index >= 15 is 0 Å². The lowest BCUT2D eigenvalue weighted by Crippen LogP contribution is -2.21. The molecule has 1 atom stereocenters. The maximum atomic E-state index is 12.8. The number of nitrogens with zero attached hydrogens (tertiary/aromatic N) is 2. The molecule has 0 bridgehead atoms. The van der Waals surface area contributed by atoms with E-state index < -0.39 is 5.25 Å². The molecule has 1 aliphatic heterocycles. The average Bonchev–Trinajstić information content (AvgIpc) is 2.96. The summed E-state index contributed by atoms with van der Waals surface area (Å²) >= 11 is 1.42. The lowest BCUT2D eigenvalue weighted by atomic mass is 10.1. The summed E-state index contributed by atoms with van der Waals surface area (Å²) in [5.74, 6) is 1.28. The normalized spacial score (nSPS) is 16.5. The summed E-state index contributed by atoms with van der Waals surface area (Å²) in [4.78, 5) is 33.0. The number of aliphatic imine (C=N–C) groups is 1. The molecule has 0 spiro atoms. The van der Waals surface area contributed by atoms with Gasteiger partial charge in [-0.2, -0.15) is 0 Å². The highest BCUT2D eigenvalue weighted by atomic mass is 32.2. The van der Waals surface area contributed by atoms with E-state index in [-0.39, 0.29) is 17.2 Å². The molecule has 0 aliphatic carbocycles. The molecule has 2 aromatic heterocycles. The van der Waals surface area contributed by atoms with Gasteiger partial charge in [-0.25, -0.2) is 4.99 Å². The first kappa shape index (κ1) is 17.7. The number of aromatic nitrogens is 3. The van der Waals surface area contributed by atoms with E-state index in [0.29, 0.717) is 28.2 Å². The number of hydrogen-bond donors (Lipinski definition) is 2. The van der Waals surface area contributed by atoms with Crippen LogP contribution in [-0.2, 0) is 0 Å². The van der Waals surface area contributed by atoms with Crippen LogP contribution < -0.4 is 15.9 Å². The number of hydrogen-bond acceptors (Lipinski definition) is 5. The van der Waals surface area contributed by atoms with Crippen LogP contribution in [0.15, 0.2) is 38.8 Å². The van der Waals surface area contributed by atoms with Crippen LogP contribution in [0.1, 0.15) is 43.2 Å². The van der Waals surface area contributed by atoms with Gasteiger partial charge in [-0.15, -0.1) is 0 Å². The summed E-state index contributed by atoms with van der Waals surface area (Å²) < 4.78 is 6.98. The first-order valence-corrected chi connectivity index (χ1v) is 9.54. The summed E-state index contributed by atoms with van der Waals surface area (Å²) in [6, 6.07) is 7.43. The van der Waals surface area contributed by atoms with E-state index in [1.54, 1.807) is 17.9 Å². The molecule has 2 N–H and O–H groups in total. The maximum Gasteiger partial charge on any atom is 0.271 e. The number of nitrogens with one attached hydrogen (secondary N) is 2. The molecule has 0 radical (unpaired) electrons. The quantitative estimate of drug-likeness (QED) is 0.723. The van der Waals surface area contributed by atoms with Gasteiger partial charge in [0.25, 0.3) is 11.1 Å². The van der Waals surface area contributed by atoms with E-state index in [0.717, 1.165) is 10.4 Å². The van der Waals surface area contributed by atoms with Crippen molar-refractivity contribution in [3.8, 4) is 5.75 Å². The highest BCUT2D eigenvalue weighted by Crippen LogP contribution is 2.43. The van der Waals surface area contributed by atoms with E-state index in [1.807, 2.05) is 39.0 Å². The molecule has 7 nitrogen and oxygen atoms in total. The molecule has 8 heteroatoms. The lowest BCUT2D eigenvalue weighted by Gasteiger charge is -2.21. The van der Waals surface area contributed by atoms with Crippen molar-refractivity contribution >= 4 is 33.5 Å². The largest absolute Gasteiger partial charge is 0.497 e. The molecule has 0 fully saturated rings. The van der Waals surface area contributed by atoms with Crippen LogP contribution in [0.2, 0.25) is 0 Å².